The van der Waals surface area contributed by atoms with Gasteiger partial charge >= 0.3 is 0 Å². The molecule has 1 rings (SSSR count). The van der Waals surface area contributed by atoms with Crippen molar-refractivity contribution in [1.29, 1.82) is 5.26 Å². The van der Waals surface area contributed by atoms with E-state index >= 15 is 0 Å². The normalized spacial score (nSPS) is 9.17. The summed E-state index contributed by atoms with van der Waals surface area (Å²) in [5.74, 6) is 0. The highest BCUT2D eigenvalue weighted by atomic mass is 35.5. The number of hydrogen-bond donors (Lipinski definition) is 0. The molecule has 0 fully saturated rings. The predicted octanol–water partition coefficient (Wildman–Crippen LogP) is 0.765. The Labute approximate surface area is 80.6 Å². The second kappa shape index (κ2) is 3.75. The van der Waals surface area contributed by atoms with E-state index in [1.165, 1.54) is 0 Å². The van der Waals surface area contributed by atoms with E-state index in [4.69, 9.17) is 28.5 Å². The molecule has 0 unspecified atom stereocenters. The van der Waals surface area contributed by atoms with Gasteiger partial charge in [0.1, 0.15) is 11.2 Å². The van der Waals surface area contributed by atoms with E-state index in [0.29, 0.717) is 12.9 Å². The maximum atomic E-state index is 8.51. The van der Waals surface area contributed by atoms with Crippen LogP contribution in [0, 0.1) is 11.3 Å². The van der Waals surface area contributed by atoms with E-state index in [9.17, 15) is 0 Å². The topological polar surface area (TPSA) is 49.6 Å². The van der Waals surface area contributed by atoms with Crippen molar-refractivity contribution < 1.29 is 0 Å². The van der Waals surface area contributed by atoms with Crippen molar-refractivity contribution in [3.05, 3.63) is 16.0 Å². The van der Waals surface area contributed by atoms with Crippen molar-refractivity contribution in [3.8, 4) is 6.07 Å². The molecule has 0 aliphatic carbocycles. The SMILES string of the molecule is CBc1nc(Cl)c(C#N)nc1Cl. The molecule has 1 heterocycles. The highest BCUT2D eigenvalue weighted by Gasteiger charge is 2.08. The standard InChI is InChI=1S/C6H4BCl2N3/c1-7-4-6(9)11-3(2-10)5(8)12-4/h7H,1H3. The summed E-state index contributed by atoms with van der Waals surface area (Å²) in [5.41, 5.74) is 0.680. The highest BCUT2D eigenvalue weighted by molar-refractivity contribution is 6.56. The Balaban J connectivity index is 3.28. The highest BCUT2D eigenvalue weighted by Crippen LogP contribution is 2.10. The fraction of sp³-hybridized carbons (Fsp3) is 0.167. The number of aromatic nitrogens is 2. The molecule has 0 bridgehead atoms. The van der Waals surface area contributed by atoms with Gasteiger partial charge in [-0.1, -0.05) is 30.0 Å². The molecular formula is C6H4BCl2N3. The predicted molar refractivity (Wildman–Crippen MR) is 49.4 cm³/mol. The minimum absolute atomic E-state index is 0.0684. The number of hydrogen-bond acceptors (Lipinski definition) is 3. The van der Waals surface area contributed by atoms with Crippen molar-refractivity contribution in [1.82, 2.24) is 9.97 Å². The smallest absolute Gasteiger partial charge is 0.183 e. The quantitative estimate of drug-likeness (QED) is 0.628. The zero-order valence-electron chi connectivity index (χ0n) is 6.30. The Hall–Kier alpha value is -0.785. The van der Waals surface area contributed by atoms with Gasteiger partial charge in [-0.25, -0.2) is 9.97 Å². The molecule has 6 heteroatoms. The van der Waals surface area contributed by atoms with E-state index in [1.54, 1.807) is 6.07 Å². The van der Waals surface area contributed by atoms with Gasteiger partial charge in [0.15, 0.2) is 18.1 Å². The molecule has 0 amide bonds. The first kappa shape index (κ1) is 9.30. The molecule has 0 aliphatic rings. The lowest BCUT2D eigenvalue weighted by molar-refractivity contribution is 1.19. The first-order chi connectivity index (χ1) is 5.69. The number of rotatable bonds is 1. The number of nitrogens with zero attached hydrogens (tertiary/aromatic N) is 3. The van der Waals surface area contributed by atoms with Gasteiger partial charge in [0.2, 0.25) is 0 Å². The minimum atomic E-state index is 0.0684. The zero-order chi connectivity index (χ0) is 9.14. The van der Waals surface area contributed by atoms with Crippen LogP contribution in [0.25, 0.3) is 0 Å². The summed E-state index contributed by atoms with van der Waals surface area (Å²) in [6.07, 6.45) is 0. The van der Waals surface area contributed by atoms with Crippen molar-refractivity contribution >= 4 is 36.1 Å². The molecule has 0 aromatic carbocycles. The average Bonchev–Trinajstić information content (AvgIpc) is 2.08. The summed E-state index contributed by atoms with van der Waals surface area (Å²) < 4.78 is 0. The summed E-state index contributed by atoms with van der Waals surface area (Å²) in [6, 6.07) is 1.80. The van der Waals surface area contributed by atoms with Gasteiger partial charge in [0.25, 0.3) is 0 Å². The van der Waals surface area contributed by atoms with Gasteiger partial charge in [0.05, 0.1) is 0 Å². The van der Waals surface area contributed by atoms with Crippen molar-refractivity contribution in [3.63, 3.8) is 0 Å². The van der Waals surface area contributed by atoms with Crippen LogP contribution in [0.15, 0.2) is 0 Å². The summed E-state index contributed by atoms with van der Waals surface area (Å²) >= 11 is 11.3. The van der Waals surface area contributed by atoms with Crippen molar-refractivity contribution in [2.24, 2.45) is 0 Å². The van der Waals surface area contributed by atoms with Crippen LogP contribution in [0.3, 0.4) is 0 Å². The summed E-state index contributed by atoms with van der Waals surface area (Å²) in [7, 11) is 0.650. The molecule has 0 aliphatic heterocycles. The van der Waals surface area contributed by atoms with Crippen LogP contribution < -0.4 is 5.59 Å². The Bertz CT molecular complexity index is 347. The largest absolute Gasteiger partial charge is 0.245 e. The van der Waals surface area contributed by atoms with Crippen LogP contribution in [0.1, 0.15) is 5.69 Å². The second-order valence-corrected chi connectivity index (χ2v) is 2.78. The van der Waals surface area contributed by atoms with Gasteiger partial charge in [-0.15, -0.1) is 0 Å². The fourth-order valence-electron chi connectivity index (χ4n) is 0.722. The van der Waals surface area contributed by atoms with E-state index < -0.39 is 0 Å². The zero-order valence-corrected chi connectivity index (χ0v) is 7.82. The van der Waals surface area contributed by atoms with E-state index in [1.807, 2.05) is 6.82 Å². The Morgan fingerprint density at radius 2 is 2.00 bits per heavy atom. The molecule has 12 heavy (non-hydrogen) atoms. The molecule has 0 spiro atoms. The third kappa shape index (κ3) is 1.68. The number of nitriles is 1. The van der Waals surface area contributed by atoms with Gasteiger partial charge < -0.3 is 0 Å². The Kier molecular flexibility index (Phi) is 2.91. The molecular weight excluding hydrogens is 196 g/mol. The second-order valence-electron chi connectivity index (χ2n) is 2.07. The molecule has 0 saturated carbocycles. The Morgan fingerprint density at radius 3 is 2.50 bits per heavy atom. The van der Waals surface area contributed by atoms with Gasteiger partial charge in [-0.2, -0.15) is 5.26 Å². The summed E-state index contributed by atoms with van der Waals surface area (Å²) in [6.45, 7) is 1.89. The molecule has 60 valence electrons. The summed E-state index contributed by atoms with van der Waals surface area (Å²) in [5, 5.41) is 8.87. The molecule has 0 saturated heterocycles. The third-order valence-corrected chi connectivity index (χ3v) is 1.88. The Morgan fingerprint density at radius 1 is 1.33 bits per heavy atom. The van der Waals surface area contributed by atoms with E-state index in [2.05, 4.69) is 9.97 Å². The average molecular weight is 200 g/mol. The van der Waals surface area contributed by atoms with Crippen LogP contribution in [0.5, 0.6) is 0 Å². The molecule has 1 aromatic heterocycles. The lowest BCUT2D eigenvalue weighted by Crippen LogP contribution is -2.19. The van der Waals surface area contributed by atoms with Crippen LogP contribution in [-0.4, -0.2) is 17.2 Å². The third-order valence-electron chi connectivity index (χ3n) is 1.32. The van der Waals surface area contributed by atoms with Gasteiger partial charge in [0, 0.05) is 5.59 Å². The van der Waals surface area contributed by atoms with Gasteiger partial charge in [-0.3, -0.25) is 0 Å². The molecule has 0 N–H and O–H groups in total. The molecule has 3 nitrogen and oxygen atoms in total. The fourth-order valence-corrected chi connectivity index (χ4v) is 1.17. The molecule has 1 aromatic rings. The van der Waals surface area contributed by atoms with Crippen molar-refractivity contribution in [2.45, 2.75) is 6.82 Å². The summed E-state index contributed by atoms with van der Waals surface area (Å²) in [4.78, 5) is 7.68. The van der Waals surface area contributed by atoms with Crippen LogP contribution >= 0.6 is 23.2 Å². The van der Waals surface area contributed by atoms with Crippen LogP contribution in [0.4, 0.5) is 0 Å². The molecule has 0 atom stereocenters. The van der Waals surface area contributed by atoms with Crippen LogP contribution in [0.2, 0.25) is 17.1 Å². The maximum Gasteiger partial charge on any atom is 0.183 e. The minimum Gasteiger partial charge on any atom is -0.245 e. The van der Waals surface area contributed by atoms with E-state index in [-0.39, 0.29) is 16.0 Å². The maximum absolute atomic E-state index is 8.51. The lowest BCUT2D eigenvalue weighted by Gasteiger charge is -1.99. The molecule has 0 radical (unpaired) electrons. The van der Waals surface area contributed by atoms with E-state index in [0.717, 1.165) is 0 Å². The van der Waals surface area contributed by atoms with Crippen molar-refractivity contribution in [2.75, 3.05) is 0 Å². The monoisotopic (exact) mass is 199 g/mol. The first-order valence-electron chi connectivity index (χ1n) is 3.31. The first-order valence-corrected chi connectivity index (χ1v) is 4.06. The number of halogens is 2. The van der Waals surface area contributed by atoms with Crippen LogP contribution in [-0.2, 0) is 0 Å². The lowest BCUT2D eigenvalue weighted by atomic mass is 9.78. The van der Waals surface area contributed by atoms with Gasteiger partial charge in [-0.05, 0) is 0 Å².